The monoisotopic (exact) mass is 231 g/mol. The molecule has 0 atom stereocenters. The van der Waals surface area contributed by atoms with Crippen LogP contribution in [0.15, 0.2) is 18.2 Å². The summed E-state index contributed by atoms with van der Waals surface area (Å²) < 4.78 is 0. The summed E-state index contributed by atoms with van der Waals surface area (Å²) in [4.78, 5) is 25.0. The molecule has 1 aromatic carbocycles. The lowest BCUT2D eigenvalue weighted by Crippen LogP contribution is -2.33. The highest BCUT2D eigenvalue weighted by atomic mass is 16.2. The number of amides is 1. The Morgan fingerprint density at radius 2 is 2.12 bits per heavy atom. The summed E-state index contributed by atoms with van der Waals surface area (Å²) in [5.74, 6) is 0.175. The Morgan fingerprint density at radius 1 is 1.35 bits per heavy atom. The van der Waals surface area contributed by atoms with Crippen molar-refractivity contribution in [1.82, 2.24) is 0 Å². The highest BCUT2D eigenvalue weighted by Crippen LogP contribution is 2.28. The van der Waals surface area contributed by atoms with Gasteiger partial charge in [0.2, 0.25) is 5.91 Å². The summed E-state index contributed by atoms with van der Waals surface area (Å²) in [5.41, 5.74) is 2.79. The van der Waals surface area contributed by atoms with E-state index < -0.39 is 0 Å². The zero-order chi connectivity index (χ0) is 12.4. The highest BCUT2D eigenvalue weighted by Gasteiger charge is 2.20. The van der Waals surface area contributed by atoms with Crippen LogP contribution in [0, 0.1) is 0 Å². The van der Waals surface area contributed by atoms with Gasteiger partial charge < -0.3 is 4.90 Å². The van der Waals surface area contributed by atoms with Crippen molar-refractivity contribution in [3.63, 3.8) is 0 Å². The number of ketones is 1. The molecule has 1 aromatic rings. The van der Waals surface area contributed by atoms with E-state index in [4.69, 9.17) is 0 Å². The summed E-state index contributed by atoms with van der Waals surface area (Å²) in [7, 11) is 0. The van der Waals surface area contributed by atoms with Crippen LogP contribution in [-0.4, -0.2) is 18.2 Å². The van der Waals surface area contributed by atoms with Gasteiger partial charge in [-0.1, -0.05) is 19.1 Å². The molecule has 0 fully saturated rings. The van der Waals surface area contributed by atoms with Crippen LogP contribution in [0.3, 0.4) is 0 Å². The first-order valence-electron chi connectivity index (χ1n) is 6.07. The maximum atomic E-state index is 11.7. The van der Waals surface area contributed by atoms with Gasteiger partial charge in [-0.05, 0) is 24.5 Å². The normalized spacial score (nSPS) is 14.4. The van der Waals surface area contributed by atoms with Crippen LogP contribution in [0.25, 0.3) is 0 Å². The van der Waals surface area contributed by atoms with Crippen molar-refractivity contribution in [2.75, 3.05) is 11.4 Å². The molecule has 0 unspecified atom stereocenters. The molecule has 1 aliphatic heterocycles. The molecule has 0 bridgehead atoms. The van der Waals surface area contributed by atoms with Gasteiger partial charge in [-0.15, -0.1) is 0 Å². The van der Waals surface area contributed by atoms with Crippen molar-refractivity contribution in [3.8, 4) is 0 Å². The van der Waals surface area contributed by atoms with Gasteiger partial charge in [-0.25, -0.2) is 0 Å². The third kappa shape index (κ3) is 2.23. The fraction of sp³-hybridized carbons (Fsp3) is 0.429. The van der Waals surface area contributed by atoms with Crippen LogP contribution in [0.4, 0.5) is 5.69 Å². The van der Waals surface area contributed by atoms with E-state index in [1.165, 1.54) is 5.56 Å². The van der Waals surface area contributed by atoms with Crippen molar-refractivity contribution < 1.29 is 9.59 Å². The van der Waals surface area contributed by atoms with Gasteiger partial charge in [0, 0.05) is 31.1 Å². The molecule has 0 aromatic heterocycles. The molecule has 0 aliphatic carbocycles. The Morgan fingerprint density at radius 3 is 2.76 bits per heavy atom. The van der Waals surface area contributed by atoms with E-state index in [1.54, 1.807) is 11.8 Å². The number of aryl methyl sites for hydroxylation is 1. The second kappa shape index (κ2) is 4.70. The molecule has 1 aliphatic rings. The first-order valence-corrected chi connectivity index (χ1v) is 6.07. The molecular weight excluding hydrogens is 214 g/mol. The summed E-state index contributed by atoms with van der Waals surface area (Å²) in [6, 6.07) is 5.71. The van der Waals surface area contributed by atoms with Gasteiger partial charge in [-0.2, -0.15) is 0 Å². The van der Waals surface area contributed by atoms with E-state index in [-0.39, 0.29) is 11.7 Å². The van der Waals surface area contributed by atoms with Crippen LogP contribution in [0.5, 0.6) is 0 Å². The molecule has 3 nitrogen and oxygen atoms in total. The Bertz CT molecular complexity index is 465. The van der Waals surface area contributed by atoms with E-state index >= 15 is 0 Å². The second-order valence-corrected chi connectivity index (χ2v) is 4.39. The molecule has 0 saturated carbocycles. The van der Waals surface area contributed by atoms with E-state index in [2.05, 4.69) is 0 Å². The van der Waals surface area contributed by atoms with Gasteiger partial charge in [0.15, 0.2) is 5.78 Å². The molecule has 2 rings (SSSR count). The Kier molecular flexibility index (Phi) is 3.27. The number of Topliss-reactive ketones (excluding diaryl/α,β-unsaturated/α-hetero) is 1. The van der Waals surface area contributed by atoms with E-state index in [9.17, 15) is 9.59 Å². The Labute approximate surface area is 101 Å². The molecular formula is C14H17NO2. The number of hydrogen-bond acceptors (Lipinski definition) is 2. The molecule has 0 saturated heterocycles. The fourth-order valence-corrected chi connectivity index (χ4v) is 2.28. The van der Waals surface area contributed by atoms with Crippen LogP contribution in [0.1, 0.15) is 42.6 Å². The molecule has 0 spiro atoms. The third-order valence-electron chi connectivity index (χ3n) is 3.23. The van der Waals surface area contributed by atoms with Crippen molar-refractivity contribution in [3.05, 3.63) is 29.3 Å². The standard InChI is InChI=1S/C14H17NO2/c1-3-14(17)12-7-6-11-5-4-8-15(10(2)16)13(11)9-12/h6-7,9H,3-5,8H2,1-2H3. The first kappa shape index (κ1) is 11.8. The number of rotatable bonds is 2. The molecule has 1 heterocycles. The molecule has 90 valence electrons. The predicted molar refractivity (Wildman–Crippen MR) is 67.4 cm³/mol. The van der Waals surface area contributed by atoms with Crippen LogP contribution in [0.2, 0.25) is 0 Å². The summed E-state index contributed by atoms with van der Waals surface area (Å²) >= 11 is 0. The maximum Gasteiger partial charge on any atom is 0.223 e. The third-order valence-corrected chi connectivity index (χ3v) is 3.23. The van der Waals surface area contributed by atoms with Crippen molar-refractivity contribution in [1.29, 1.82) is 0 Å². The van der Waals surface area contributed by atoms with Gasteiger partial charge in [-0.3, -0.25) is 9.59 Å². The van der Waals surface area contributed by atoms with E-state index in [1.807, 2.05) is 25.1 Å². The molecule has 17 heavy (non-hydrogen) atoms. The van der Waals surface area contributed by atoms with Gasteiger partial charge >= 0.3 is 0 Å². The lowest BCUT2D eigenvalue weighted by molar-refractivity contribution is -0.116. The second-order valence-electron chi connectivity index (χ2n) is 4.39. The van der Waals surface area contributed by atoms with Crippen molar-refractivity contribution in [2.24, 2.45) is 0 Å². The molecule has 0 N–H and O–H groups in total. The average molecular weight is 231 g/mol. The molecule has 0 radical (unpaired) electrons. The Hall–Kier alpha value is -1.64. The minimum atomic E-state index is 0.0482. The quantitative estimate of drug-likeness (QED) is 0.734. The fourth-order valence-electron chi connectivity index (χ4n) is 2.28. The largest absolute Gasteiger partial charge is 0.312 e. The minimum Gasteiger partial charge on any atom is -0.312 e. The van der Waals surface area contributed by atoms with Gasteiger partial charge in [0.25, 0.3) is 0 Å². The zero-order valence-corrected chi connectivity index (χ0v) is 10.3. The average Bonchev–Trinajstić information content (AvgIpc) is 2.36. The number of benzene rings is 1. The lowest BCUT2D eigenvalue weighted by Gasteiger charge is -2.28. The number of carbonyl (C=O) groups is 2. The summed E-state index contributed by atoms with van der Waals surface area (Å²) in [6.07, 6.45) is 2.48. The minimum absolute atomic E-state index is 0.0482. The number of carbonyl (C=O) groups excluding carboxylic acids is 2. The van der Waals surface area contributed by atoms with Crippen molar-refractivity contribution >= 4 is 17.4 Å². The van der Waals surface area contributed by atoms with Crippen molar-refractivity contribution in [2.45, 2.75) is 33.1 Å². The highest BCUT2D eigenvalue weighted by molar-refractivity contribution is 5.99. The van der Waals surface area contributed by atoms with Crippen LogP contribution < -0.4 is 4.90 Å². The number of nitrogens with zero attached hydrogens (tertiary/aromatic N) is 1. The maximum absolute atomic E-state index is 11.7. The van der Waals surface area contributed by atoms with Crippen LogP contribution in [-0.2, 0) is 11.2 Å². The predicted octanol–water partition coefficient (Wildman–Crippen LogP) is 2.58. The number of fused-ring (bicyclic) bond motifs is 1. The lowest BCUT2D eigenvalue weighted by atomic mass is 9.97. The van der Waals surface area contributed by atoms with E-state index in [0.717, 1.165) is 25.1 Å². The molecule has 3 heteroatoms. The topological polar surface area (TPSA) is 37.4 Å². The summed E-state index contributed by atoms with van der Waals surface area (Å²) in [6.45, 7) is 4.18. The number of anilines is 1. The first-order chi connectivity index (χ1) is 8.13. The van der Waals surface area contributed by atoms with Gasteiger partial charge in [0.05, 0.1) is 0 Å². The molecule has 1 amide bonds. The zero-order valence-electron chi connectivity index (χ0n) is 10.3. The summed E-state index contributed by atoms with van der Waals surface area (Å²) in [5, 5.41) is 0. The Balaban J connectivity index is 2.44. The van der Waals surface area contributed by atoms with Gasteiger partial charge in [0.1, 0.15) is 0 Å². The van der Waals surface area contributed by atoms with Crippen LogP contribution >= 0.6 is 0 Å². The smallest absolute Gasteiger partial charge is 0.223 e. The number of hydrogen-bond donors (Lipinski definition) is 0. The van der Waals surface area contributed by atoms with E-state index in [0.29, 0.717) is 12.0 Å². The SMILES string of the molecule is CCC(=O)c1ccc2c(c1)N(C(C)=O)CCC2.